The quantitative estimate of drug-likeness (QED) is 0.771. The molecule has 2 heterocycles. The van der Waals surface area contributed by atoms with Gasteiger partial charge in [0.15, 0.2) is 0 Å². The Balaban J connectivity index is 1.84. The fourth-order valence-electron chi connectivity index (χ4n) is 1.90. The second-order valence-corrected chi connectivity index (χ2v) is 4.14. The predicted molar refractivity (Wildman–Crippen MR) is 65.1 cm³/mol. The van der Waals surface area contributed by atoms with Crippen LogP contribution in [0.1, 0.15) is 24.9 Å². The van der Waals surface area contributed by atoms with Gasteiger partial charge in [0.05, 0.1) is 13.1 Å². The summed E-state index contributed by atoms with van der Waals surface area (Å²) in [6.07, 6.45) is 5.63. The molecule has 0 radical (unpaired) electrons. The largest absolute Gasteiger partial charge is 0.463 e. The van der Waals surface area contributed by atoms with Gasteiger partial charge in [0.1, 0.15) is 11.5 Å². The molecule has 0 saturated heterocycles. The fourth-order valence-corrected chi connectivity index (χ4v) is 1.90. The van der Waals surface area contributed by atoms with Crippen molar-refractivity contribution in [2.45, 2.75) is 26.4 Å². The van der Waals surface area contributed by atoms with E-state index in [2.05, 4.69) is 41.4 Å². The topological polar surface area (TPSA) is 28.4 Å². The van der Waals surface area contributed by atoms with Crippen molar-refractivity contribution < 1.29 is 4.42 Å². The van der Waals surface area contributed by atoms with Crippen molar-refractivity contribution in [3.05, 3.63) is 35.8 Å². The van der Waals surface area contributed by atoms with Gasteiger partial charge in [-0.2, -0.15) is 0 Å². The minimum Gasteiger partial charge on any atom is -0.463 e. The molecule has 0 bridgehead atoms. The van der Waals surface area contributed by atoms with Crippen molar-refractivity contribution in [3.63, 3.8) is 0 Å². The van der Waals surface area contributed by atoms with E-state index in [1.54, 1.807) is 0 Å². The van der Waals surface area contributed by atoms with Gasteiger partial charge in [-0.3, -0.25) is 4.90 Å². The average Bonchev–Trinajstić information content (AvgIpc) is 2.75. The second kappa shape index (κ2) is 5.87. The Morgan fingerprint density at radius 2 is 2.19 bits per heavy atom. The van der Waals surface area contributed by atoms with Crippen LogP contribution in [0.3, 0.4) is 0 Å². The van der Waals surface area contributed by atoms with E-state index in [0.29, 0.717) is 0 Å². The lowest BCUT2D eigenvalue weighted by atomic mass is 10.2. The van der Waals surface area contributed by atoms with Crippen LogP contribution in [0.25, 0.3) is 0 Å². The van der Waals surface area contributed by atoms with E-state index >= 15 is 0 Å². The molecule has 0 fully saturated rings. The highest BCUT2D eigenvalue weighted by Crippen LogP contribution is 2.12. The summed E-state index contributed by atoms with van der Waals surface area (Å²) in [5, 5.41) is 3.26. The first-order chi connectivity index (χ1) is 7.88. The molecule has 0 amide bonds. The number of hydrogen-bond donors (Lipinski definition) is 1. The molecule has 3 nitrogen and oxygen atoms in total. The van der Waals surface area contributed by atoms with Gasteiger partial charge in [-0.25, -0.2) is 0 Å². The fraction of sp³-hybridized carbons (Fsp3) is 0.538. The van der Waals surface area contributed by atoms with Crippen LogP contribution in [0.15, 0.2) is 28.7 Å². The highest BCUT2D eigenvalue weighted by molar-refractivity contribution is 5.07. The Morgan fingerprint density at radius 1 is 1.31 bits per heavy atom. The van der Waals surface area contributed by atoms with E-state index in [1.807, 2.05) is 0 Å². The molecule has 88 valence electrons. The molecule has 2 rings (SSSR count). The third-order valence-corrected chi connectivity index (χ3v) is 2.79. The maximum absolute atomic E-state index is 5.76. The summed E-state index contributed by atoms with van der Waals surface area (Å²) in [4.78, 5) is 2.40. The lowest BCUT2D eigenvalue weighted by Gasteiger charge is -2.21. The van der Waals surface area contributed by atoms with Gasteiger partial charge in [-0.15, -0.1) is 0 Å². The summed E-state index contributed by atoms with van der Waals surface area (Å²) in [5.74, 6) is 2.10. The van der Waals surface area contributed by atoms with Crippen LogP contribution in [0, 0.1) is 0 Å². The lowest BCUT2D eigenvalue weighted by molar-refractivity contribution is 0.261. The minimum atomic E-state index is 0.830. The molecule has 1 N–H and O–H groups in total. The molecule has 1 aliphatic rings. The molecule has 1 aromatic rings. The summed E-state index contributed by atoms with van der Waals surface area (Å²) >= 11 is 0. The number of hydrogen-bond acceptors (Lipinski definition) is 3. The summed E-state index contributed by atoms with van der Waals surface area (Å²) in [7, 11) is 0. The Morgan fingerprint density at radius 3 is 2.94 bits per heavy atom. The molecular weight excluding hydrogens is 200 g/mol. The van der Waals surface area contributed by atoms with Crippen LogP contribution in [0.4, 0.5) is 0 Å². The molecule has 0 aromatic carbocycles. The Bertz CT molecular complexity index is 343. The average molecular weight is 220 g/mol. The van der Waals surface area contributed by atoms with Crippen molar-refractivity contribution in [1.82, 2.24) is 10.2 Å². The molecule has 0 unspecified atom stereocenters. The van der Waals surface area contributed by atoms with Gasteiger partial charge >= 0.3 is 0 Å². The highest BCUT2D eigenvalue weighted by atomic mass is 16.3. The van der Waals surface area contributed by atoms with Gasteiger partial charge in [0.25, 0.3) is 0 Å². The zero-order chi connectivity index (χ0) is 11.2. The van der Waals surface area contributed by atoms with E-state index in [-0.39, 0.29) is 0 Å². The van der Waals surface area contributed by atoms with E-state index in [9.17, 15) is 0 Å². The molecule has 0 aliphatic carbocycles. The van der Waals surface area contributed by atoms with Crippen LogP contribution < -0.4 is 5.32 Å². The molecule has 1 aromatic heterocycles. The van der Waals surface area contributed by atoms with Gasteiger partial charge < -0.3 is 9.73 Å². The lowest BCUT2D eigenvalue weighted by Crippen LogP contribution is -2.26. The predicted octanol–water partition coefficient (Wildman–Crippen LogP) is 2.15. The van der Waals surface area contributed by atoms with Crippen LogP contribution >= 0.6 is 0 Å². The van der Waals surface area contributed by atoms with E-state index in [4.69, 9.17) is 4.42 Å². The van der Waals surface area contributed by atoms with E-state index < -0.39 is 0 Å². The number of nitrogens with zero attached hydrogens (tertiary/aromatic N) is 1. The molecule has 1 aliphatic heterocycles. The normalized spacial score (nSPS) is 16.8. The maximum atomic E-state index is 5.76. The zero-order valence-corrected chi connectivity index (χ0v) is 9.91. The zero-order valence-electron chi connectivity index (χ0n) is 9.91. The van der Waals surface area contributed by atoms with Gasteiger partial charge in [-0.05, 0) is 25.1 Å². The molecule has 0 spiro atoms. The Labute approximate surface area is 97.1 Å². The summed E-state index contributed by atoms with van der Waals surface area (Å²) in [5.41, 5.74) is 0. The first kappa shape index (κ1) is 11.4. The standard InChI is InChI=1S/C13H20N2O/c1-2-14-10-12-6-7-13(16-12)11-15-8-4-3-5-9-15/h3-4,6-7,14H,2,5,8-11H2,1H3. The van der Waals surface area contributed by atoms with Crippen LogP contribution in [-0.4, -0.2) is 24.5 Å². The third-order valence-electron chi connectivity index (χ3n) is 2.79. The summed E-state index contributed by atoms with van der Waals surface area (Å²) < 4.78 is 5.76. The summed E-state index contributed by atoms with van der Waals surface area (Å²) in [6.45, 7) is 7.02. The number of nitrogens with one attached hydrogen (secondary N) is 1. The minimum absolute atomic E-state index is 0.830. The third kappa shape index (κ3) is 3.22. The first-order valence-corrected chi connectivity index (χ1v) is 6.04. The molecular formula is C13H20N2O. The first-order valence-electron chi connectivity index (χ1n) is 6.04. The van der Waals surface area contributed by atoms with Crippen molar-refractivity contribution in [2.75, 3.05) is 19.6 Å². The molecule has 3 heteroatoms. The monoisotopic (exact) mass is 220 g/mol. The van der Waals surface area contributed by atoms with E-state index in [0.717, 1.165) is 50.7 Å². The van der Waals surface area contributed by atoms with Gasteiger partial charge in [0.2, 0.25) is 0 Å². The highest BCUT2D eigenvalue weighted by Gasteiger charge is 2.09. The van der Waals surface area contributed by atoms with Crippen LogP contribution in [0.2, 0.25) is 0 Å². The molecule has 0 atom stereocenters. The van der Waals surface area contributed by atoms with E-state index in [1.165, 1.54) is 0 Å². The summed E-state index contributed by atoms with van der Waals surface area (Å²) in [6, 6.07) is 4.16. The number of furan rings is 1. The smallest absolute Gasteiger partial charge is 0.118 e. The van der Waals surface area contributed by atoms with Crippen LogP contribution in [0.5, 0.6) is 0 Å². The molecule has 16 heavy (non-hydrogen) atoms. The Kier molecular flexibility index (Phi) is 4.19. The van der Waals surface area contributed by atoms with Crippen molar-refractivity contribution in [1.29, 1.82) is 0 Å². The van der Waals surface area contributed by atoms with Crippen molar-refractivity contribution >= 4 is 0 Å². The number of rotatable bonds is 5. The molecule has 0 saturated carbocycles. The van der Waals surface area contributed by atoms with Gasteiger partial charge in [-0.1, -0.05) is 19.1 Å². The van der Waals surface area contributed by atoms with Crippen LogP contribution in [-0.2, 0) is 13.1 Å². The Hall–Kier alpha value is -1.06. The van der Waals surface area contributed by atoms with Crippen molar-refractivity contribution in [2.24, 2.45) is 0 Å². The van der Waals surface area contributed by atoms with Gasteiger partial charge in [0, 0.05) is 13.1 Å². The second-order valence-electron chi connectivity index (χ2n) is 4.14. The maximum Gasteiger partial charge on any atom is 0.118 e. The SMILES string of the molecule is CCNCc1ccc(CN2CC=CCC2)o1. The van der Waals surface area contributed by atoms with Crippen molar-refractivity contribution in [3.8, 4) is 0 Å².